The predicted molar refractivity (Wildman–Crippen MR) is 68.0 cm³/mol. The lowest BCUT2D eigenvalue weighted by atomic mass is 10.0. The third-order valence-electron chi connectivity index (χ3n) is 3.33. The zero-order valence-electron chi connectivity index (χ0n) is 10.2. The molecule has 1 aliphatic carbocycles. The zero-order chi connectivity index (χ0) is 13.4. The van der Waals surface area contributed by atoms with Crippen LogP contribution in [0.3, 0.4) is 0 Å². The van der Waals surface area contributed by atoms with Gasteiger partial charge in [-0.25, -0.2) is 17.5 Å². The summed E-state index contributed by atoms with van der Waals surface area (Å²) in [5, 5.41) is 0. The van der Waals surface area contributed by atoms with Crippen molar-refractivity contribution in [3.05, 3.63) is 24.0 Å². The summed E-state index contributed by atoms with van der Waals surface area (Å²) in [7, 11) is -3.83. The van der Waals surface area contributed by atoms with E-state index in [9.17, 15) is 12.8 Å². The molecule has 0 radical (unpaired) electrons. The highest BCUT2D eigenvalue weighted by molar-refractivity contribution is 7.89. The number of rotatable bonds is 3. The SMILES string of the molecule is CC1(NS(=O)(=O)c2ccc(N)cc2F)CCCC1. The fraction of sp³-hybridized carbons (Fsp3) is 0.500. The number of hydrogen-bond donors (Lipinski definition) is 2. The molecule has 4 nitrogen and oxygen atoms in total. The van der Waals surface area contributed by atoms with Crippen LogP contribution < -0.4 is 10.5 Å². The minimum Gasteiger partial charge on any atom is -0.399 e. The molecule has 2 rings (SSSR count). The molecule has 0 aromatic heterocycles. The quantitative estimate of drug-likeness (QED) is 0.827. The molecule has 6 heteroatoms. The Kier molecular flexibility index (Phi) is 3.33. The van der Waals surface area contributed by atoms with E-state index in [-0.39, 0.29) is 10.6 Å². The molecule has 100 valence electrons. The van der Waals surface area contributed by atoms with E-state index in [0.717, 1.165) is 31.7 Å². The number of anilines is 1. The number of nitrogen functional groups attached to an aromatic ring is 1. The van der Waals surface area contributed by atoms with Crippen molar-refractivity contribution < 1.29 is 12.8 Å². The number of sulfonamides is 1. The summed E-state index contributed by atoms with van der Waals surface area (Å²) in [6.45, 7) is 1.85. The van der Waals surface area contributed by atoms with Gasteiger partial charge in [-0.2, -0.15) is 0 Å². The minimum absolute atomic E-state index is 0.207. The Morgan fingerprint density at radius 1 is 1.33 bits per heavy atom. The average molecular weight is 272 g/mol. The van der Waals surface area contributed by atoms with Crippen molar-refractivity contribution in [2.24, 2.45) is 0 Å². The summed E-state index contributed by atoms with van der Waals surface area (Å²) >= 11 is 0. The van der Waals surface area contributed by atoms with Crippen LogP contribution in [0, 0.1) is 5.82 Å². The number of halogens is 1. The molecule has 0 amide bonds. The van der Waals surface area contributed by atoms with Crippen molar-refractivity contribution >= 4 is 15.7 Å². The molecule has 0 atom stereocenters. The number of benzene rings is 1. The van der Waals surface area contributed by atoms with Gasteiger partial charge in [0.05, 0.1) is 0 Å². The third-order valence-corrected chi connectivity index (χ3v) is 5.00. The van der Waals surface area contributed by atoms with Crippen LogP contribution in [-0.2, 0) is 10.0 Å². The molecular weight excluding hydrogens is 255 g/mol. The molecule has 1 aliphatic rings. The van der Waals surface area contributed by atoms with Gasteiger partial charge in [-0.05, 0) is 38.0 Å². The van der Waals surface area contributed by atoms with Crippen molar-refractivity contribution in [1.29, 1.82) is 0 Å². The first kappa shape index (κ1) is 13.3. The molecule has 3 N–H and O–H groups in total. The fourth-order valence-electron chi connectivity index (χ4n) is 2.37. The van der Waals surface area contributed by atoms with Crippen LogP contribution in [-0.4, -0.2) is 14.0 Å². The van der Waals surface area contributed by atoms with Gasteiger partial charge in [0.1, 0.15) is 10.7 Å². The fourth-order valence-corrected chi connectivity index (χ4v) is 3.90. The maximum absolute atomic E-state index is 13.6. The van der Waals surface area contributed by atoms with Gasteiger partial charge in [0.15, 0.2) is 0 Å². The van der Waals surface area contributed by atoms with E-state index in [1.165, 1.54) is 12.1 Å². The first-order valence-corrected chi connectivity index (χ1v) is 7.40. The highest BCUT2D eigenvalue weighted by atomic mass is 32.2. The van der Waals surface area contributed by atoms with E-state index in [2.05, 4.69) is 4.72 Å². The molecule has 0 unspecified atom stereocenters. The lowest BCUT2D eigenvalue weighted by Crippen LogP contribution is -2.43. The Bertz CT molecular complexity index is 551. The molecule has 18 heavy (non-hydrogen) atoms. The minimum atomic E-state index is -3.83. The van der Waals surface area contributed by atoms with Crippen LogP contribution in [0.2, 0.25) is 0 Å². The molecule has 1 saturated carbocycles. The summed E-state index contributed by atoms with van der Waals surface area (Å²) in [6.07, 6.45) is 3.54. The maximum Gasteiger partial charge on any atom is 0.243 e. The number of nitrogens with two attached hydrogens (primary N) is 1. The Morgan fingerprint density at radius 2 is 1.94 bits per heavy atom. The van der Waals surface area contributed by atoms with Crippen LogP contribution in [0.1, 0.15) is 32.6 Å². The van der Waals surface area contributed by atoms with Crippen molar-refractivity contribution in [1.82, 2.24) is 4.72 Å². The molecule has 0 heterocycles. The predicted octanol–water partition coefficient (Wildman–Crippen LogP) is 2.02. The smallest absolute Gasteiger partial charge is 0.243 e. The topological polar surface area (TPSA) is 72.2 Å². The number of nitrogens with one attached hydrogen (secondary N) is 1. The normalized spacial score (nSPS) is 19.0. The second-order valence-electron chi connectivity index (χ2n) is 5.06. The van der Waals surface area contributed by atoms with E-state index in [1.54, 1.807) is 0 Å². The lowest BCUT2D eigenvalue weighted by Gasteiger charge is -2.25. The van der Waals surface area contributed by atoms with Crippen LogP contribution in [0.4, 0.5) is 10.1 Å². The summed E-state index contributed by atoms with van der Waals surface area (Å²) < 4.78 is 40.5. The summed E-state index contributed by atoms with van der Waals surface area (Å²) in [5.74, 6) is -0.816. The van der Waals surface area contributed by atoms with Crippen molar-refractivity contribution in [3.63, 3.8) is 0 Å². The lowest BCUT2D eigenvalue weighted by molar-refractivity contribution is 0.425. The standard InChI is InChI=1S/C12H17FN2O2S/c1-12(6-2-3-7-12)15-18(16,17)11-5-4-9(14)8-10(11)13/h4-5,8,15H,2-3,6-7,14H2,1H3. The van der Waals surface area contributed by atoms with Gasteiger partial charge in [-0.3, -0.25) is 0 Å². The van der Waals surface area contributed by atoms with E-state index in [1.807, 2.05) is 6.92 Å². The molecule has 1 fully saturated rings. The van der Waals surface area contributed by atoms with Gasteiger partial charge in [0.2, 0.25) is 10.0 Å². The monoisotopic (exact) mass is 272 g/mol. The summed E-state index contributed by atoms with van der Waals surface area (Å²) in [5.41, 5.74) is 5.15. The Hall–Kier alpha value is -1.14. The Labute approximate surface area is 106 Å². The van der Waals surface area contributed by atoms with E-state index in [0.29, 0.717) is 0 Å². The molecule has 1 aromatic rings. The van der Waals surface area contributed by atoms with E-state index < -0.39 is 21.4 Å². The van der Waals surface area contributed by atoms with E-state index in [4.69, 9.17) is 5.73 Å². The van der Waals surface area contributed by atoms with Crippen LogP contribution >= 0.6 is 0 Å². The van der Waals surface area contributed by atoms with Gasteiger partial charge in [-0.15, -0.1) is 0 Å². The average Bonchev–Trinajstić information content (AvgIpc) is 2.62. The number of hydrogen-bond acceptors (Lipinski definition) is 3. The van der Waals surface area contributed by atoms with Crippen LogP contribution in [0.15, 0.2) is 23.1 Å². The molecule has 0 bridgehead atoms. The van der Waals surface area contributed by atoms with Gasteiger partial charge in [0, 0.05) is 11.2 Å². The van der Waals surface area contributed by atoms with Crippen LogP contribution in [0.25, 0.3) is 0 Å². The summed E-state index contributed by atoms with van der Waals surface area (Å²) in [6, 6.07) is 3.60. The first-order chi connectivity index (χ1) is 8.32. The Balaban J connectivity index is 2.30. The van der Waals surface area contributed by atoms with Gasteiger partial charge in [-0.1, -0.05) is 12.8 Å². The highest BCUT2D eigenvalue weighted by Crippen LogP contribution is 2.31. The molecular formula is C12H17FN2O2S. The zero-order valence-corrected chi connectivity index (χ0v) is 11.1. The van der Waals surface area contributed by atoms with Crippen LogP contribution in [0.5, 0.6) is 0 Å². The first-order valence-electron chi connectivity index (χ1n) is 5.91. The van der Waals surface area contributed by atoms with Crippen molar-refractivity contribution in [2.75, 3.05) is 5.73 Å². The van der Waals surface area contributed by atoms with Gasteiger partial charge >= 0.3 is 0 Å². The largest absolute Gasteiger partial charge is 0.399 e. The second-order valence-corrected chi connectivity index (χ2v) is 6.71. The van der Waals surface area contributed by atoms with Gasteiger partial charge in [0.25, 0.3) is 0 Å². The molecule has 0 saturated heterocycles. The molecule has 0 aliphatic heterocycles. The Morgan fingerprint density at radius 3 is 2.50 bits per heavy atom. The third kappa shape index (κ3) is 2.64. The second kappa shape index (κ2) is 4.51. The van der Waals surface area contributed by atoms with Crippen molar-refractivity contribution in [2.45, 2.75) is 43.0 Å². The van der Waals surface area contributed by atoms with Gasteiger partial charge < -0.3 is 5.73 Å². The van der Waals surface area contributed by atoms with Crippen molar-refractivity contribution in [3.8, 4) is 0 Å². The maximum atomic E-state index is 13.6. The summed E-state index contributed by atoms with van der Waals surface area (Å²) in [4.78, 5) is -0.343. The molecule has 0 spiro atoms. The van der Waals surface area contributed by atoms with E-state index >= 15 is 0 Å². The highest BCUT2D eigenvalue weighted by Gasteiger charge is 2.34. The molecule has 1 aromatic carbocycles.